The Bertz CT molecular complexity index is 275. The first-order chi connectivity index (χ1) is 9.88. The van der Waals surface area contributed by atoms with Crippen LogP contribution in [-0.4, -0.2) is 69.3 Å². The van der Waals surface area contributed by atoms with E-state index in [1.807, 2.05) is 0 Å². The number of rotatable bonds is 6. The third-order valence-electron chi connectivity index (χ3n) is 5.52. The van der Waals surface area contributed by atoms with Gasteiger partial charge in [0, 0.05) is 48.8 Å². The van der Waals surface area contributed by atoms with Crippen molar-refractivity contribution in [1.82, 2.24) is 14.7 Å². The fraction of sp³-hybridized carbons (Fsp3) is 0.875. The lowest BCUT2D eigenvalue weighted by Gasteiger charge is -2.54. The monoisotopic (exact) mass is 293 g/mol. The molecule has 3 heterocycles. The highest BCUT2D eigenvalue weighted by molar-refractivity contribution is 6.42. The summed E-state index contributed by atoms with van der Waals surface area (Å²) in [5, 5.41) is 0. The average Bonchev–Trinajstić information content (AvgIpc) is 3.23. The van der Waals surface area contributed by atoms with Crippen LogP contribution >= 0.6 is 0 Å². The Hall–Kier alpha value is -0.163. The van der Waals surface area contributed by atoms with Crippen LogP contribution in [0.15, 0.2) is 12.3 Å². The molecule has 0 N–H and O–H groups in total. The van der Waals surface area contributed by atoms with Gasteiger partial charge in [0.1, 0.15) is 5.79 Å². The van der Waals surface area contributed by atoms with E-state index in [0.717, 1.165) is 0 Å². The SMILES string of the molecule is C=C[SiH2]CC(N1CCCC1)(N1CCCC1)N1CCCC1. The van der Waals surface area contributed by atoms with E-state index in [1.54, 1.807) is 0 Å². The molecule has 0 radical (unpaired) electrons. The predicted octanol–water partition coefficient (Wildman–Crippen LogP) is 1.66. The van der Waals surface area contributed by atoms with Crippen molar-refractivity contribution in [3.63, 3.8) is 0 Å². The van der Waals surface area contributed by atoms with Gasteiger partial charge in [-0.1, -0.05) is 0 Å². The molecule has 0 spiro atoms. The van der Waals surface area contributed by atoms with Gasteiger partial charge in [0.05, 0.1) is 0 Å². The summed E-state index contributed by atoms with van der Waals surface area (Å²) in [5.74, 6) is 0.282. The molecule has 3 saturated heterocycles. The zero-order chi connectivity index (χ0) is 13.8. The van der Waals surface area contributed by atoms with Crippen molar-refractivity contribution < 1.29 is 0 Å². The van der Waals surface area contributed by atoms with E-state index in [-0.39, 0.29) is 15.3 Å². The van der Waals surface area contributed by atoms with E-state index in [9.17, 15) is 0 Å². The number of likely N-dealkylation sites (tertiary alicyclic amines) is 3. The second-order valence-electron chi connectivity index (χ2n) is 6.68. The van der Waals surface area contributed by atoms with Gasteiger partial charge in [-0.15, -0.1) is 12.3 Å². The summed E-state index contributed by atoms with van der Waals surface area (Å²) < 4.78 is 0. The molecule has 114 valence electrons. The first kappa shape index (κ1) is 14.8. The second-order valence-corrected chi connectivity index (χ2v) is 8.34. The first-order valence-corrected chi connectivity index (χ1v) is 10.6. The minimum Gasteiger partial charge on any atom is -0.273 e. The lowest BCUT2D eigenvalue weighted by molar-refractivity contribution is -0.132. The molecule has 0 aromatic rings. The summed E-state index contributed by atoms with van der Waals surface area (Å²) in [6, 6.07) is 1.39. The van der Waals surface area contributed by atoms with E-state index >= 15 is 0 Å². The molecule has 3 aliphatic rings. The Kier molecular flexibility index (Phi) is 4.97. The molecule has 0 aromatic carbocycles. The van der Waals surface area contributed by atoms with Crippen molar-refractivity contribution in [2.75, 3.05) is 39.3 Å². The van der Waals surface area contributed by atoms with Gasteiger partial charge in [-0.25, -0.2) is 0 Å². The summed E-state index contributed by atoms with van der Waals surface area (Å²) >= 11 is 0. The fourth-order valence-corrected chi connectivity index (χ4v) is 6.14. The molecular weight excluding hydrogens is 262 g/mol. The van der Waals surface area contributed by atoms with Crippen LogP contribution in [0, 0.1) is 0 Å². The summed E-state index contributed by atoms with van der Waals surface area (Å²) in [6.45, 7) is 12.0. The van der Waals surface area contributed by atoms with Crippen LogP contribution in [0.2, 0.25) is 6.04 Å². The third kappa shape index (κ3) is 2.63. The van der Waals surface area contributed by atoms with E-state index in [0.29, 0.717) is 0 Å². The van der Waals surface area contributed by atoms with Gasteiger partial charge in [-0.05, 0) is 44.6 Å². The molecule has 3 nitrogen and oxygen atoms in total. The van der Waals surface area contributed by atoms with Crippen molar-refractivity contribution in [3.8, 4) is 0 Å². The molecule has 0 bridgehead atoms. The molecule has 3 rings (SSSR count). The lowest BCUT2D eigenvalue weighted by Crippen LogP contribution is -2.68. The molecule has 3 aliphatic heterocycles. The highest BCUT2D eigenvalue weighted by Crippen LogP contribution is 2.37. The fourth-order valence-electron chi connectivity index (χ4n) is 4.60. The minimum absolute atomic E-state index is 0.145. The van der Waals surface area contributed by atoms with Crippen molar-refractivity contribution in [2.45, 2.75) is 50.4 Å². The van der Waals surface area contributed by atoms with Crippen LogP contribution in [0.5, 0.6) is 0 Å². The lowest BCUT2D eigenvalue weighted by atomic mass is 10.2. The molecule has 0 amide bonds. The first-order valence-electron chi connectivity index (χ1n) is 8.74. The van der Waals surface area contributed by atoms with Crippen LogP contribution in [-0.2, 0) is 0 Å². The Morgan fingerprint density at radius 1 is 0.750 bits per heavy atom. The van der Waals surface area contributed by atoms with Crippen LogP contribution in [0.25, 0.3) is 0 Å². The van der Waals surface area contributed by atoms with Crippen LogP contribution in [0.3, 0.4) is 0 Å². The minimum atomic E-state index is -0.145. The standard InChI is InChI=1S/C16H31N3Si/c1-2-20-15-16(17-9-3-4-10-17,18-11-5-6-12-18)19-13-7-8-14-19/h2H,1,3-15,20H2. The second kappa shape index (κ2) is 6.73. The Labute approximate surface area is 126 Å². The average molecular weight is 294 g/mol. The summed E-state index contributed by atoms with van der Waals surface area (Å²) in [5.41, 5.74) is 2.26. The predicted molar refractivity (Wildman–Crippen MR) is 88.7 cm³/mol. The van der Waals surface area contributed by atoms with E-state index in [2.05, 4.69) is 27.0 Å². The van der Waals surface area contributed by atoms with Crippen LogP contribution < -0.4 is 0 Å². The van der Waals surface area contributed by atoms with E-state index in [1.165, 1.54) is 83.8 Å². The van der Waals surface area contributed by atoms with Crippen molar-refractivity contribution >= 4 is 9.52 Å². The molecule has 20 heavy (non-hydrogen) atoms. The van der Waals surface area contributed by atoms with Crippen molar-refractivity contribution in [2.24, 2.45) is 0 Å². The normalized spacial score (nSPS) is 27.2. The molecule has 0 unspecified atom stereocenters. The largest absolute Gasteiger partial charge is 0.273 e. The molecule has 4 heteroatoms. The Morgan fingerprint density at radius 2 is 1.10 bits per heavy atom. The van der Waals surface area contributed by atoms with Gasteiger partial charge in [0.25, 0.3) is 0 Å². The summed E-state index contributed by atoms with van der Waals surface area (Å²) in [6.07, 6.45) is 8.41. The van der Waals surface area contributed by atoms with Gasteiger partial charge in [-0.2, -0.15) is 0 Å². The van der Waals surface area contributed by atoms with Crippen LogP contribution in [0.4, 0.5) is 0 Å². The highest BCUT2D eigenvalue weighted by atomic mass is 28.2. The van der Waals surface area contributed by atoms with Crippen molar-refractivity contribution in [1.29, 1.82) is 0 Å². The van der Waals surface area contributed by atoms with Gasteiger partial charge >= 0.3 is 0 Å². The Morgan fingerprint density at radius 3 is 1.40 bits per heavy atom. The maximum atomic E-state index is 4.05. The van der Waals surface area contributed by atoms with Gasteiger partial charge in [0.2, 0.25) is 0 Å². The third-order valence-corrected chi connectivity index (χ3v) is 6.89. The quantitative estimate of drug-likeness (QED) is 0.690. The maximum absolute atomic E-state index is 4.05. The van der Waals surface area contributed by atoms with Crippen molar-refractivity contribution in [3.05, 3.63) is 12.3 Å². The van der Waals surface area contributed by atoms with Gasteiger partial charge in [-0.3, -0.25) is 14.7 Å². The maximum Gasteiger partial charge on any atom is 0.128 e. The zero-order valence-electron chi connectivity index (χ0n) is 13.0. The molecule has 3 fully saturated rings. The zero-order valence-corrected chi connectivity index (χ0v) is 14.4. The molecule has 0 aromatic heterocycles. The molecule has 0 atom stereocenters. The highest BCUT2D eigenvalue weighted by Gasteiger charge is 2.48. The number of hydrogen-bond acceptors (Lipinski definition) is 3. The summed E-state index contributed by atoms with van der Waals surface area (Å²) in [7, 11) is -0.145. The number of hydrogen-bond donors (Lipinski definition) is 0. The molecule has 0 saturated carbocycles. The Balaban J connectivity index is 1.88. The number of nitrogens with zero attached hydrogens (tertiary/aromatic N) is 3. The molecule has 0 aliphatic carbocycles. The van der Waals surface area contributed by atoms with E-state index in [4.69, 9.17) is 0 Å². The smallest absolute Gasteiger partial charge is 0.128 e. The topological polar surface area (TPSA) is 9.72 Å². The van der Waals surface area contributed by atoms with Gasteiger partial charge < -0.3 is 0 Å². The van der Waals surface area contributed by atoms with Gasteiger partial charge in [0.15, 0.2) is 0 Å². The van der Waals surface area contributed by atoms with Crippen LogP contribution in [0.1, 0.15) is 38.5 Å². The summed E-state index contributed by atoms with van der Waals surface area (Å²) in [4.78, 5) is 8.54. The molecular formula is C16H31N3Si. The van der Waals surface area contributed by atoms with E-state index < -0.39 is 0 Å².